The second-order valence-electron chi connectivity index (χ2n) is 3.62. The number of thiophene rings is 1. The Bertz CT molecular complexity index is 562. The van der Waals surface area contributed by atoms with Crippen LogP contribution in [0.1, 0.15) is 20.1 Å². The monoisotopic (exact) mass is 283 g/mol. The van der Waals surface area contributed by atoms with Crippen LogP contribution in [0.2, 0.25) is 0 Å². The number of hydrogen-bond donors (Lipinski definition) is 2. The molecule has 2 aromatic heterocycles. The van der Waals surface area contributed by atoms with E-state index in [2.05, 4.69) is 15.5 Å². The minimum Gasteiger partial charge on any atom is -0.289 e. The number of nitrogens with two attached hydrogens (primary N) is 1. The van der Waals surface area contributed by atoms with Crippen LogP contribution in [0.15, 0.2) is 17.6 Å². The third kappa shape index (κ3) is 2.71. The summed E-state index contributed by atoms with van der Waals surface area (Å²) in [4.78, 5) is 17.3. The summed E-state index contributed by atoms with van der Waals surface area (Å²) < 4.78 is 1.72. The van der Waals surface area contributed by atoms with Gasteiger partial charge in [0.1, 0.15) is 6.33 Å². The lowest BCUT2D eigenvalue weighted by Gasteiger charge is -1.99. The van der Waals surface area contributed by atoms with Crippen LogP contribution in [-0.4, -0.2) is 20.7 Å². The second-order valence-corrected chi connectivity index (χ2v) is 5.82. The van der Waals surface area contributed by atoms with Crippen molar-refractivity contribution >= 4 is 29.0 Å². The molecule has 2 aromatic rings. The molecule has 0 bridgehead atoms. The van der Waals surface area contributed by atoms with E-state index in [4.69, 9.17) is 5.84 Å². The maximum absolute atomic E-state index is 11.4. The topological polar surface area (TPSA) is 85.8 Å². The van der Waals surface area contributed by atoms with Crippen molar-refractivity contribution in [1.82, 2.24) is 20.2 Å². The first-order chi connectivity index (χ1) is 8.61. The van der Waals surface area contributed by atoms with Gasteiger partial charge in [-0.05, 0) is 18.6 Å². The molecular weight excluding hydrogens is 270 g/mol. The smallest absolute Gasteiger partial charge is 0.275 e. The molecule has 8 heteroatoms. The van der Waals surface area contributed by atoms with Crippen LogP contribution in [0.25, 0.3) is 0 Å². The first-order valence-corrected chi connectivity index (χ1v) is 6.99. The predicted octanol–water partition coefficient (Wildman–Crippen LogP) is 1.08. The van der Waals surface area contributed by atoms with E-state index >= 15 is 0 Å². The summed E-state index contributed by atoms with van der Waals surface area (Å²) in [6, 6.07) is 1.87. The summed E-state index contributed by atoms with van der Waals surface area (Å²) in [5, 5.41) is 4.86. The number of hydrazine groups is 1. The number of aryl methyl sites for hydroxylation is 2. The summed E-state index contributed by atoms with van der Waals surface area (Å²) in [5.74, 6) is 5.62. The highest BCUT2D eigenvalue weighted by Gasteiger charge is 2.12. The van der Waals surface area contributed by atoms with Crippen molar-refractivity contribution in [3.63, 3.8) is 0 Å². The van der Waals surface area contributed by atoms with Crippen molar-refractivity contribution in [2.45, 2.75) is 17.8 Å². The zero-order valence-electron chi connectivity index (χ0n) is 10.0. The fraction of sp³-hybridized carbons (Fsp3) is 0.300. The quantitative estimate of drug-likeness (QED) is 0.379. The van der Waals surface area contributed by atoms with Crippen LogP contribution in [0, 0.1) is 6.92 Å². The highest BCUT2D eigenvalue weighted by Crippen LogP contribution is 2.27. The zero-order chi connectivity index (χ0) is 13.1. The van der Waals surface area contributed by atoms with Gasteiger partial charge in [-0.25, -0.2) is 15.5 Å². The van der Waals surface area contributed by atoms with Crippen molar-refractivity contribution in [1.29, 1.82) is 0 Å². The largest absolute Gasteiger partial charge is 0.289 e. The molecule has 2 rings (SSSR count). The summed E-state index contributed by atoms with van der Waals surface area (Å²) in [7, 11) is 1.85. The summed E-state index contributed by atoms with van der Waals surface area (Å²) in [6.45, 7) is 1.99. The zero-order valence-corrected chi connectivity index (χ0v) is 11.6. The molecule has 2 heterocycles. The van der Waals surface area contributed by atoms with Crippen molar-refractivity contribution in [3.05, 3.63) is 27.7 Å². The molecule has 18 heavy (non-hydrogen) atoms. The molecule has 96 valence electrons. The summed E-state index contributed by atoms with van der Waals surface area (Å²) in [6.07, 6.45) is 1.52. The lowest BCUT2D eigenvalue weighted by Crippen LogP contribution is -2.29. The predicted molar refractivity (Wildman–Crippen MR) is 71.3 cm³/mol. The Hall–Kier alpha value is -1.38. The number of nitrogens with zero attached hydrogens (tertiary/aromatic N) is 3. The molecule has 1 amide bonds. The van der Waals surface area contributed by atoms with Gasteiger partial charge in [0.2, 0.25) is 0 Å². The Morgan fingerprint density at radius 3 is 3.06 bits per heavy atom. The average molecular weight is 283 g/mol. The number of carbonyl (C=O) groups excluding carboxylic acids is 1. The van der Waals surface area contributed by atoms with Gasteiger partial charge in [0.25, 0.3) is 5.91 Å². The first kappa shape index (κ1) is 13.1. The highest BCUT2D eigenvalue weighted by atomic mass is 32.2. The number of thioether (sulfide) groups is 1. The van der Waals surface area contributed by atoms with Crippen LogP contribution in [0.5, 0.6) is 0 Å². The van der Waals surface area contributed by atoms with Crippen molar-refractivity contribution in [2.24, 2.45) is 12.9 Å². The molecule has 0 fully saturated rings. The molecule has 0 atom stereocenters. The standard InChI is InChI=1S/C10H13N5OS2/c1-6-7(3-8(18-6)9(16)14-11)4-17-10-12-5-13-15(10)2/h3,5H,4,11H2,1-2H3,(H,14,16). The number of hydrogen-bond acceptors (Lipinski definition) is 6. The number of nitrogen functional groups attached to an aromatic ring is 1. The van der Waals surface area contributed by atoms with Crippen molar-refractivity contribution in [3.8, 4) is 0 Å². The van der Waals surface area contributed by atoms with E-state index in [0.717, 1.165) is 21.3 Å². The first-order valence-electron chi connectivity index (χ1n) is 5.19. The van der Waals surface area contributed by atoms with Gasteiger partial charge in [-0.3, -0.25) is 10.2 Å². The Morgan fingerprint density at radius 2 is 2.44 bits per heavy atom. The van der Waals surface area contributed by atoms with Crippen LogP contribution in [0.3, 0.4) is 0 Å². The minimum atomic E-state index is -0.252. The molecule has 0 spiro atoms. The average Bonchev–Trinajstić information content (AvgIpc) is 2.92. The molecule has 0 aromatic carbocycles. The number of aromatic nitrogens is 3. The maximum Gasteiger partial charge on any atom is 0.275 e. The molecule has 0 aliphatic heterocycles. The number of nitrogens with one attached hydrogen (secondary N) is 1. The number of carbonyl (C=O) groups is 1. The molecule has 3 N–H and O–H groups in total. The maximum atomic E-state index is 11.4. The third-order valence-corrected chi connectivity index (χ3v) is 4.58. The van der Waals surface area contributed by atoms with E-state index in [1.807, 2.05) is 20.0 Å². The van der Waals surface area contributed by atoms with Crippen LogP contribution < -0.4 is 11.3 Å². The van der Waals surface area contributed by atoms with Gasteiger partial charge < -0.3 is 0 Å². The number of amides is 1. The van der Waals surface area contributed by atoms with E-state index in [1.54, 1.807) is 16.4 Å². The molecule has 0 saturated carbocycles. The Balaban J connectivity index is 2.08. The van der Waals surface area contributed by atoms with E-state index in [9.17, 15) is 4.79 Å². The molecule has 6 nitrogen and oxygen atoms in total. The Morgan fingerprint density at radius 1 is 1.67 bits per heavy atom. The van der Waals surface area contributed by atoms with Crippen molar-refractivity contribution in [2.75, 3.05) is 0 Å². The van der Waals surface area contributed by atoms with Crippen LogP contribution in [0.4, 0.5) is 0 Å². The van der Waals surface area contributed by atoms with Crippen LogP contribution >= 0.6 is 23.1 Å². The minimum absolute atomic E-state index is 0.252. The molecular formula is C10H13N5OS2. The van der Waals surface area contributed by atoms with Gasteiger partial charge in [-0.1, -0.05) is 11.8 Å². The SMILES string of the molecule is Cc1sc(C(=O)NN)cc1CSc1ncnn1C. The van der Waals surface area contributed by atoms with Gasteiger partial charge >= 0.3 is 0 Å². The molecule has 0 aliphatic carbocycles. The summed E-state index contributed by atoms with van der Waals surface area (Å²) in [5.41, 5.74) is 3.26. The van der Waals surface area contributed by atoms with Gasteiger partial charge in [0.15, 0.2) is 5.16 Å². The Kier molecular flexibility index (Phi) is 4.00. The van der Waals surface area contributed by atoms with E-state index in [0.29, 0.717) is 4.88 Å². The highest BCUT2D eigenvalue weighted by molar-refractivity contribution is 7.98. The van der Waals surface area contributed by atoms with E-state index in [-0.39, 0.29) is 5.91 Å². The van der Waals surface area contributed by atoms with Gasteiger partial charge in [-0.15, -0.1) is 11.3 Å². The lowest BCUT2D eigenvalue weighted by atomic mass is 10.3. The van der Waals surface area contributed by atoms with Crippen LogP contribution in [-0.2, 0) is 12.8 Å². The summed E-state index contributed by atoms with van der Waals surface area (Å²) >= 11 is 3.03. The third-order valence-electron chi connectivity index (χ3n) is 2.40. The van der Waals surface area contributed by atoms with Gasteiger partial charge in [0.05, 0.1) is 4.88 Å². The molecule has 0 radical (unpaired) electrons. The normalized spacial score (nSPS) is 10.6. The fourth-order valence-electron chi connectivity index (χ4n) is 1.40. The fourth-order valence-corrected chi connectivity index (χ4v) is 3.38. The lowest BCUT2D eigenvalue weighted by molar-refractivity contribution is 0.0957. The molecule has 0 aliphatic rings. The van der Waals surface area contributed by atoms with E-state index in [1.165, 1.54) is 17.7 Å². The molecule has 0 unspecified atom stereocenters. The Labute approximate surface area is 113 Å². The van der Waals surface area contributed by atoms with Gasteiger partial charge in [-0.2, -0.15) is 5.10 Å². The second kappa shape index (κ2) is 5.51. The van der Waals surface area contributed by atoms with Gasteiger partial charge in [0, 0.05) is 17.7 Å². The van der Waals surface area contributed by atoms with E-state index < -0.39 is 0 Å². The van der Waals surface area contributed by atoms with Crippen molar-refractivity contribution < 1.29 is 4.79 Å². The number of rotatable bonds is 4. The molecule has 0 saturated heterocycles.